The Morgan fingerprint density at radius 3 is 0.820 bits per heavy atom. The number of rotatable bonds is 76. The Hall–Kier alpha value is -3.50. The molecule has 0 rings (SSSR count). The minimum atomic E-state index is -4.98. The molecule has 5 unspecified atom stereocenters. The number of allylic oxidation sites excluding steroid dienone is 12. The number of hydrogen-bond donors (Lipinski definition) is 3. The number of unbranched alkanes of at least 4 members (excludes halogenated alkanes) is 38. The molecule has 0 aromatic rings. The van der Waals surface area contributed by atoms with Gasteiger partial charge < -0.3 is 33.8 Å². The molecule has 0 radical (unpaired) electrons. The van der Waals surface area contributed by atoms with Gasteiger partial charge in [-0.05, 0) is 116 Å². The number of phosphoric acid groups is 2. The quantitative estimate of drug-likeness (QED) is 0.0169. The summed E-state index contributed by atoms with van der Waals surface area (Å²) in [5.41, 5.74) is 0. The van der Waals surface area contributed by atoms with Crippen molar-refractivity contribution in [3.8, 4) is 0 Å². The van der Waals surface area contributed by atoms with Crippen molar-refractivity contribution in [1.29, 1.82) is 0 Å². The third kappa shape index (κ3) is 72.8. The Morgan fingerprint density at radius 2 is 0.520 bits per heavy atom. The van der Waals surface area contributed by atoms with Crippen molar-refractivity contribution in [2.45, 2.75) is 380 Å². The lowest BCUT2D eigenvalue weighted by Gasteiger charge is -2.21. The Morgan fingerprint density at radius 1 is 0.290 bits per heavy atom. The highest BCUT2D eigenvalue weighted by molar-refractivity contribution is 7.47. The first-order chi connectivity index (χ1) is 48.7. The normalized spacial score (nSPS) is 14.3. The summed E-state index contributed by atoms with van der Waals surface area (Å²) in [6, 6.07) is 0. The summed E-state index contributed by atoms with van der Waals surface area (Å²) in [5, 5.41) is 10.6. The molecule has 0 fully saturated rings. The summed E-state index contributed by atoms with van der Waals surface area (Å²) in [5.74, 6) is -2.19. The molecular formula is C81H146O17P2. The van der Waals surface area contributed by atoms with E-state index in [1.165, 1.54) is 135 Å². The van der Waals surface area contributed by atoms with E-state index in [-0.39, 0.29) is 25.7 Å². The standard InChI is InChI=1S/C81H146O17P2/c1-5-9-13-17-21-25-29-33-36-37-40-43-46-50-54-58-62-66-79(84)92-72-77(98-81(86)68-64-60-56-52-48-44-39-35-31-27-23-19-15-11-7-3)74-96-100(89,90)94-70-75(82)69-93-99(87,88)95-73-76(97-80(85)67-63-59-55-51-47-41-32-28-24-20-16-12-8-4)71-91-78(83)65-61-57-53-49-45-42-38-34-30-26-22-18-14-10-6-2/h9,13,21,25,28,32-33,35-36,39-40,43,75-77,82H,5-8,10-12,14-20,22-24,26-27,29-31,34,37-38,41-42,44-74H2,1-4H3,(H,87,88)(H,89,90)/b13-9-,25-21-,32-28-,36-33-,39-35-,43-40-. The van der Waals surface area contributed by atoms with Crippen molar-refractivity contribution < 1.29 is 80.2 Å². The largest absolute Gasteiger partial charge is 0.472 e. The van der Waals surface area contributed by atoms with Crippen molar-refractivity contribution in [2.24, 2.45) is 0 Å². The van der Waals surface area contributed by atoms with E-state index < -0.39 is 97.5 Å². The molecule has 0 amide bonds. The van der Waals surface area contributed by atoms with E-state index in [9.17, 15) is 43.2 Å². The predicted molar refractivity (Wildman–Crippen MR) is 409 cm³/mol. The number of ether oxygens (including phenoxy) is 4. The second-order valence-corrected chi connectivity index (χ2v) is 29.9. The van der Waals surface area contributed by atoms with Crippen molar-refractivity contribution >= 4 is 39.5 Å². The predicted octanol–water partition coefficient (Wildman–Crippen LogP) is 23.2. The summed E-state index contributed by atoms with van der Waals surface area (Å²) >= 11 is 0. The molecule has 582 valence electrons. The monoisotopic (exact) mass is 1450 g/mol. The molecule has 0 aliphatic carbocycles. The van der Waals surface area contributed by atoms with E-state index in [2.05, 4.69) is 101 Å². The Labute approximate surface area is 609 Å². The number of carbonyl (C=O) groups excluding carboxylic acids is 4. The van der Waals surface area contributed by atoms with Gasteiger partial charge in [-0.3, -0.25) is 37.3 Å². The maximum Gasteiger partial charge on any atom is 0.472 e. The molecule has 0 aliphatic rings. The molecule has 3 N–H and O–H groups in total. The van der Waals surface area contributed by atoms with Crippen LogP contribution in [-0.4, -0.2) is 96.7 Å². The fourth-order valence-corrected chi connectivity index (χ4v) is 12.6. The third-order valence-corrected chi connectivity index (χ3v) is 19.1. The average molecular weight is 1450 g/mol. The first-order valence-electron chi connectivity index (χ1n) is 40.2. The van der Waals surface area contributed by atoms with Crippen molar-refractivity contribution in [3.63, 3.8) is 0 Å². The van der Waals surface area contributed by atoms with E-state index in [0.717, 1.165) is 148 Å². The second kappa shape index (κ2) is 73.8. The highest BCUT2D eigenvalue weighted by Crippen LogP contribution is 2.45. The van der Waals surface area contributed by atoms with E-state index in [1.807, 2.05) is 0 Å². The number of aliphatic hydroxyl groups excluding tert-OH is 1. The zero-order chi connectivity index (χ0) is 73.2. The number of hydrogen-bond acceptors (Lipinski definition) is 15. The van der Waals surface area contributed by atoms with E-state index in [0.29, 0.717) is 25.7 Å². The topological polar surface area (TPSA) is 237 Å². The van der Waals surface area contributed by atoms with Crippen LogP contribution in [0.2, 0.25) is 0 Å². The van der Waals surface area contributed by atoms with Crippen LogP contribution in [0.5, 0.6) is 0 Å². The fraction of sp³-hybridized carbons (Fsp3) is 0.802. The van der Waals surface area contributed by atoms with E-state index in [1.54, 1.807) is 0 Å². The van der Waals surface area contributed by atoms with Crippen LogP contribution >= 0.6 is 15.6 Å². The maximum absolute atomic E-state index is 13.1. The van der Waals surface area contributed by atoms with Crippen LogP contribution in [0.4, 0.5) is 0 Å². The lowest BCUT2D eigenvalue weighted by molar-refractivity contribution is -0.161. The van der Waals surface area contributed by atoms with Gasteiger partial charge in [0.1, 0.15) is 19.3 Å². The number of aliphatic hydroxyl groups is 1. The second-order valence-electron chi connectivity index (χ2n) is 27.0. The first-order valence-corrected chi connectivity index (χ1v) is 43.2. The fourth-order valence-electron chi connectivity index (χ4n) is 11.0. The zero-order valence-electron chi connectivity index (χ0n) is 63.6. The molecule has 0 heterocycles. The van der Waals surface area contributed by atoms with Crippen molar-refractivity contribution in [1.82, 2.24) is 0 Å². The van der Waals surface area contributed by atoms with Gasteiger partial charge in [0.2, 0.25) is 0 Å². The molecule has 100 heavy (non-hydrogen) atoms. The van der Waals surface area contributed by atoms with Crippen molar-refractivity contribution in [3.05, 3.63) is 72.9 Å². The Balaban J connectivity index is 5.35. The zero-order valence-corrected chi connectivity index (χ0v) is 65.4. The van der Waals surface area contributed by atoms with E-state index >= 15 is 0 Å². The third-order valence-electron chi connectivity index (χ3n) is 17.2. The Bertz CT molecular complexity index is 2180. The van der Waals surface area contributed by atoms with Gasteiger partial charge in [0, 0.05) is 25.7 Å². The molecule has 5 atom stereocenters. The maximum atomic E-state index is 13.1. The summed E-state index contributed by atoms with van der Waals surface area (Å²) in [6.45, 7) is 4.76. The molecule has 0 aliphatic heterocycles. The van der Waals surface area contributed by atoms with Crippen LogP contribution in [0.15, 0.2) is 72.9 Å². The number of phosphoric ester groups is 2. The van der Waals surface area contributed by atoms with Gasteiger partial charge >= 0.3 is 39.5 Å². The van der Waals surface area contributed by atoms with Crippen LogP contribution in [0.25, 0.3) is 0 Å². The highest BCUT2D eigenvalue weighted by atomic mass is 31.2. The smallest absolute Gasteiger partial charge is 0.462 e. The number of carbonyl (C=O) groups is 4. The lowest BCUT2D eigenvalue weighted by atomic mass is 10.0. The molecule has 19 heteroatoms. The molecule has 0 aromatic carbocycles. The summed E-state index contributed by atoms with van der Waals surface area (Å²) in [7, 11) is -9.95. The molecule has 0 saturated heterocycles. The van der Waals surface area contributed by atoms with Gasteiger partial charge in [0.15, 0.2) is 12.2 Å². The minimum Gasteiger partial charge on any atom is -0.462 e. The summed E-state index contributed by atoms with van der Waals surface area (Å²) < 4.78 is 68.6. The lowest BCUT2D eigenvalue weighted by Crippen LogP contribution is -2.30. The van der Waals surface area contributed by atoms with Crippen molar-refractivity contribution in [2.75, 3.05) is 39.6 Å². The molecule has 0 spiro atoms. The van der Waals surface area contributed by atoms with Gasteiger partial charge in [0.05, 0.1) is 26.4 Å². The first kappa shape index (κ1) is 96.5. The van der Waals surface area contributed by atoms with Gasteiger partial charge in [-0.2, -0.15) is 0 Å². The molecule has 0 bridgehead atoms. The van der Waals surface area contributed by atoms with Gasteiger partial charge in [0.25, 0.3) is 0 Å². The summed E-state index contributed by atoms with van der Waals surface area (Å²) in [6.07, 6.45) is 74.5. The molecule has 17 nitrogen and oxygen atoms in total. The SMILES string of the molecule is CC/C=C\C/C=C\C/C=C\C/C=C\CCCCCCC(=O)OCC(COP(=O)(O)OCC(O)COP(=O)(O)OCC(COC(=O)CCCCCCCCCCCCCCCCC)OC(=O)CCCCCCC/C=C\CCCCCC)OC(=O)CCCCCCC/C=C\CCCCCCCC. The van der Waals surface area contributed by atoms with E-state index in [4.69, 9.17) is 37.0 Å². The van der Waals surface area contributed by atoms with Crippen LogP contribution in [0, 0.1) is 0 Å². The van der Waals surface area contributed by atoms with Crippen LogP contribution in [0.1, 0.15) is 362 Å². The summed E-state index contributed by atoms with van der Waals surface area (Å²) in [4.78, 5) is 73.0. The van der Waals surface area contributed by atoms with Gasteiger partial charge in [-0.25, -0.2) is 9.13 Å². The highest BCUT2D eigenvalue weighted by Gasteiger charge is 2.30. The molecular weight excluding hydrogens is 1310 g/mol. The Kier molecular flexibility index (Phi) is 71.2. The van der Waals surface area contributed by atoms with Gasteiger partial charge in [-0.1, -0.05) is 293 Å². The van der Waals surface area contributed by atoms with Crippen LogP contribution < -0.4 is 0 Å². The molecule has 0 aromatic heterocycles. The van der Waals surface area contributed by atoms with Crippen LogP contribution in [0.3, 0.4) is 0 Å². The molecule has 0 saturated carbocycles. The minimum absolute atomic E-state index is 0.0817. The average Bonchev–Trinajstić information content (AvgIpc) is 1.06. The number of esters is 4. The van der Waals surface area contributed by atoms with Gasteiger partial charge in [-0.15, -0.1) is 0 Å². The van der Waals surface area contributed by atoms with Crippen LogP contribution in [-0.2, 0) is 65.4 Å².